The number of aliphatic hydroxyl groups excluding tert-OH is 2. The molecule has 0 aromatic heterocycles. The Bertz CT molecular complexity index is 1250. The third-order valence-corrected chi connectivity index (χ3v) is 6.01. The van der Waals surface area contributed by atoms with Gasteiger partial charge in [0.05, 0.1) is 18.8 Å². The van der Waals surface area contributed by atoms with Crippen LogP contribution in [0.15, 0.2) is 103 Å². The lowest BCUT2D eigenvalue weighted by atomic mass is 9.98. The molecule has 0 aliphatic heterocycles. The van der Waals surface area contributed by atoms with Crippen LogP contribution in [-0.4, -0.2) is 29.4 Å². The van der Waals surface area contributed by atoms with Crippen LogP contribution in [0.2, 0.25) is 0 Å². The summed E-state index contributed by atoms with van der Waals surface area (Å²) in [6.07, 6.45) is 4.75. The van der Waals surface area contributed by atoms with E-state index in [1.54, 1.807) is 18.2 Å². The summed E-state index contributed by atoms with van der Waals surface area (Å²) in [6.45, 7) is 12.5. The molecule has 5 nitrogen and oxygen atoms in total. The van der Waals surface area contributed by atoms with E-state index >= 15 is 0 Å². The molecular formula is C32H34O5. The highest BCUT2D eigenvalue weighted by molar-refractivity contribution is 5.91. The van der Waals surface area contributed by atoms with Crippen molar-refractivity contribution in [1.29, 1.82) is 0 Å². The van der Waals surface area contributed by atoms with Crippen molar-refractivity contribution in [2.75, 3.05) is 13.2 Å². The van der Waals surface area contributed by atoms with Crippen LogP contribution in [0.5, 0.6) is 11.5 Å². The van der Waals surface area contributed by atoms with Gasteiger partial charge >= 0.3 is 5.97 Å². The normalized spacial score (nSPS) is 10.6. The van der Waals surface area contributed by atoms with E-state index in [0.29, 0.717) is 22.6 Å². The molecule has 3 aromatic rings. The first-order valence-corrected chi connectivity index (χ1v) is 12.4. The van der Waals surface area contributed by atoms with Crippen molar-refractivity contribution in [3.8, 4) is 33.8 Å². The molecule has 0 saturated heterocycles. The maximum absolute atomic E-state index is 12.3. The number of aliphatic hydroxyl groups is 2. The van der Waals surface area contributed by atoms with Crippen molar-refractivity contribution in [3.05, 3.63) is 109 Å². The van der Waals surface area contributed by atoms with Gasteiger partial charge in [-0.25, -0.2) is 4.79 Å². The number of ether oxygens (including phenoxy) is 2. The average Bonchev–Trinajstić information content (AvgIpc) is 2.93. The molecule has 0 fully saturated rings. The van der Waals surface area contributed by atoms with Gasteiger partial charge in [0.1, 0.15) is 17.3 Å². The molecule has 0 bridgehead atoms. The molecule has 0 aliphatic rings. The Balaban J connectivity index is 1.89. The molecule has 0 saturated carbocycles. The van der Waals surface area contributed by atoms with Crippen molar-refractivity contribution in [2.24, 2.45) is 0 Å². The van der Waals surface area contributed by atoms with E-state index in [1.807, 2.05) is 24.3 Å². The van der Waals surface area contributed by atoms with Crippen LogP contribution in [0.1, 0.15) is 31.7 Å². The highest BCUT2D eigenvalue weighted by atomic mass is 16.5. The smallest absolute Gasteiger partial charge is 0.341 e. The quantitative estimate of drug-likeness (QED) is 0.0689. The lowest BCUT2D eigenvalue weighted by Crippen LogP contribution is -2.13. The van der Waals surface area contributed by atoms with Crippen LogP contribution in [-0.2, 0) is 11.2 Å². The van der Waals surface area contributed by atoms with E-state index < -0.39 is 12.6 Å². The Morgan fingerprint density at radius 1 is 0.757 bits per heavy atom. The predicted molar refractivity (Wildman–Crippen MR) is 148 cm³/mol. The first-order valence-electron chi connectivity index (χ1n) is 12.4. The van der Waals surface area contributed by atoms with Gasteiger partial charge in [-0.1, -0.05) is 88.0 Å². The second-order valence-electron chi connectivity index (χ2n) is 8.83. The van der Waals surface area contributed by atoms with Gasteiger partial charge in [0.25, 0.3) is 0 Å². The van der Waals surface area contributed by atoms with Gasteiger partial charge in [-0.2, -0.15) is 0 Å². The number of esters is 1. The number of aryl methyl sites for hydroxylation is 1. The summed E-state index contributed by atoms with van der Waals surface area (Å²) in [5.41, 5.74) is 5.24. The van der Waals surface area contributed by atoms with Gasteiger partial charge < -0.3 is 19.7 Å². The summed E-state index contributed by atoms with van der Waals surface area (Å²) in [7, 11) is 0. The summed E-state index contributed by atoms with van der Waals surface area (Å²) >= 11 is 0. The first kappa shape index (κ1) is 27.7. The molecule has 192 valence electrons. The summed E-state index contributed by atoms with van der Waals surface area (Å²) in [4.78, 5) is 12.3. The van der Waals surface area contributed by atoms with Crippen molar-refractivity contribution in [2.45, 2.75) is 32.6 Å². The zero-order valence-electron chi connectivity index (χ0n) is 21.3. The number of hydrogen-bond donors (Lipinski definition) is 2. The molecule has 2 N–H and O–H groups in total. The monoisotopic (exact) mass is 498 g/mol. The minimum Gasteiger partial charge on any atom is -0.458 e. The SMILES string of the molecule is C=C(CO)C(=C)Oc1ccc(OC(=O)C(=C)CO)c(-c2ccc(-c3ccc(CCCCC)cc3)cc2)c1. The van der Waals surface area contributed by atoms with Crippen LogP contribution in [0.3, 0.4) is 0 Å². The van der Waals surface area contributed by atoms with Gasteiger partial charge in [-0.3, -0.25) is 0 Å². The second-order valence-corrected chi connectivity index (χ2v) is 8.83. The molecule has 3 aromatic carbocycles. The van der Waals surface area contributed by atoms with Gasteiger partial charge in [-0.15, -0.1) is 0 Å². The molecular weight excluding hydrogens is 464 g/mol. The summed E-state index contributed by atoms with van der Waals surface area (Å²) in [6, 6.07) is 21.5. The van der Waals surface area contributed by atoms with Crippen molar-refractivity contribution in [1.82, 2.24) is 0 Å². The van der Waals surface area contributed by atoms with Gasteiger partial charge in [-0.05, 0) is 53.3 Å². The molecule has 5 heteroatoms. The third-order valence-electron chi connectivity index (χ3n) is 6.01. The van der Waals surface area contributed by atoms with E-state index in [1.165, 1.54) is 24.8 Å². The minimum absolute atomic E-state index is 0.0487. The molecule has 37 heavy (non-hydrogen) atoms. The number of rotatable bonds is 13. The number of unbranched alkanes of at least 4 members (excludes halogenated alkanes) is 2. The zero-order chi connectivity index (χ0) is 26.8. The van der Waals surface area contributed by atoms with Crippen molar-refractivity contribution >= 4 is 5.97 Å². The number of carbonyl (C=O) groups excluding carboxylic acids is 1. The van der Waals surface area contributed by atoms with E-state index in [9.17, 15) is 15.0 Å². The van der Waals surface area contributed by atoms with Crippen LogP contribution < -0.4 is 9.47 Å². The Kier molecular flexibility index (Phi) is 10.0. The van der Waals surface area contributed by atoms with Crippen molar-refractivity contribution in [3.63, 3.8) is 0 Å². The van der Waals surface area contributed by atoms with E-state index in [4.69, 9.17) is 9.47 Å². The fourth-order valence-corrected chi connectivity index (χ4v) is 3.71. The van der Waals surface area contributed by atoms with Crippen LogP contribution in [0.25, 0.3) is 22.3 Å². The Labute approximate surface area is 219 Å². The Hall–Kier alpha value is -3.93. The molecule has 0 heterocycles. The average molecular weight is 499 g/mol. The molecule has 0 radical (unpaired) electrons. The summed E-state index contributed by atoms with van der Waals surface area (Å²) < 4.78 is 11.3. The van der Waals surface area contributed by atoms with Gasteiger partial charge in [0, 0.05) is 11.1 Å². The Morgan fingerprint density at radius 3 is 1.95 bits per heavy atom. The van der Waals surface area contributed by atoms with Crippen LogP contribution in [0, 0.1) is 0 Å². The maximum Gasteiger partial charge on any atom is 0.341 e. The standard InChI is InChI=1S/C32H34O5/c1-5-6-7-8-25-9-11-26(12-10-25)27-13-15-28(16-14-27)30-19-29(36-24(4)22(2)20-33)17-18-31(30)37-32(35)23(3)21-34/h9-19,33-34H,2-8,20-21H2,1H3. The molecule has 0 spiro atoms. The van der Waals surface area contributed by atoms with E-state index in [-0.39, 0.29) is 17.9 Å². The lowest BCUT2D eigenvalue weighted by Gasteiger charge is -2.15. The fraction of sp³-hybridized carbons (Fsp3) is 0.219. The van der Waals surface area contributed by atoms with E-state index in [2.05, 4.69) is 50.9 Å². The summed E-state index contributed by atoms with van der Waals surface area (Å²) in [5, 5.41) is 18.5. The van der Waals surface area contributed by atoms with Gasteiger partial charge in [0.15, 0.2) is 0 Å². The molecule has 3 rings (SSSR count). The summed E-state index contributed by atoms with van der Waals surface area (Å²) in [5.74, 6) is 0.257. The Morgan fingerprint density at radius 2 is 1.35 bits per heavy atom. The molecule has 0 aliphatic carbocycles. The first-order chi connectivity index (χ1) is 17.9. The lowest BCUT2D eigenvalue weighted by molar-refractivity contribution is -0.130. The highest BCUT2D eigenvalue weighted by Crippen LogP contribution is 2.36. The maximum atomic E-state index is 12.3. The molecule has 0 amide bonds. The van der Waals surface area contributed by atoms with E-state index in [0.717, 1.165) is 23.1 Å². The van der Waals surface area contributed by atoms with Crippen LogP contribution in [0.4, 0.5) is 0 Å². The number of carbonyl (C=O) groups is 1. The number of benzene rings is 3. The largest absolute Gasteiger partial charge is 0.458 e. The topological polar surface area (TPSA) is 76.0 Å². The van der Waals surface area contributed by atoms with Crippen molar-refractivity contribution < 1.29 is 24.5 Å². The van der Waals surface area contributed by atoms with Gasteiger partial charge in [0.2, 0.25) is 0 Å². The van der Waals surface area contributed by atoms with Crippen LogP contribution >= 0.6 is 0 Å². The predicted octanol–water partition coefficient (Wildman–Crippen LogP) is 6.65. The number of hydrogen-bond acceptors (Lipinski definition) is 5. The minimum atomic E-state index is -0.717. The molecule has 0 unspecified atom stereocenters. The second kappa shape index (κ2) is 13.4. The zero-order valence-corrected chi connectivity index (χ0v) is 21.3. The molecule has 0 atom stereocenters. The third kappa shape index (κ3) is 7.53. The fourth-order valence-electron chi connectivity index (χ4n) is 3.71. The highest BCUT2D eigenvalue weighted by Gasteiger charge is 2.16.